The first kappa shape index (κ1) is 25.7. The number of hydrogen-bond donors (Lipinski definition) is 0. The van der Waals surface area contributed by atoms with E-state index in [0.717, 1.165) is 0 Å². The number of hydrogen-bond acceptors (Lipinski definition) is 8. The van der Waals surface area contributed by atoms with Gasteiger partial charge in [-0.05, 0) is 71.7 Å². The molecule has 0 radical (unpaired) electrons. The summed E-state index contributed by atoms with van der Waals surface area (Å²) in [7, 11) is 0. The number of rotatable bonds is 7. The third-order valence-corrected chi connectivity index (χ3v) is 6.03. The molecule has 1 aromatic carbocycles. The summed E-state index contributed by atoms with van der Waals surface area (Å²) < 4.78 is 22.5. The summed E-state index contributed by atoms with van der Waals surface area (Å²) in [6.45, 7) is 9.44. The zero-order valence-corrected chi connectivity index (χ0v) is 21.8. The Balaban J connectivity index is 1.36. The molecular formula is C25H29Cl2N3O5. The number of allylic oxidation sites excluding steroid dienone is 1. The lowest BCUT2D eigenvalue weighted by atomic mass is 9.82. The molecule has 188 valence electrons. The highest BCUT2D eigenvalue weighted by atomic mass is 35.5. The van der Waals surface area contributed by atoms with Crippen molar-refractivity contribution in [2.24, 2.45) is 10.9 Å². The number of halogens is 2. The number of esters is 1. The predicted octanol–water partition coefficient (Wildman–Crippen LogP) is 5.72. The zero-order valence-electron chi connectivity index (χ0n) is 20.3. The van der Waals surface area contributed by atoms with Crippen molar-refractivity contribution in [3.8, 4) is 17.1 Å². The number of alkyl halides is 1. The molecule has 1 fully saturated rings. The van der Waals surface area contributed by atoms with Crippen LogP contribution in [0.4, 0.5) is 0 Å². The largest absolute Gasteiger partial charge is 0.490 e. The highest BCUT2D eigenvalue weighted by Crippen LogP contribution is 2.36. The van der Waals surface area contributed by atoms with E-state index >= 15 is 0 Å². The van der Waals surface area contributed by atoms with Crippen molar-refractivity contribution < 1.29 is 23.5 Å². The standard InChI is InChI=1S/C25H29Cl2N3O5/c1-13(2)32-23-20(27)10-15(12-28-23)22-29-21(30-35-22)18-7-6-16(11-19(18)26)33-17-8-14(9-17)24(31)34-25(3,4)5/h6-7,10-14,17,20,23H,8-9H2,1-5H3/t14-,17-,20?,23?. The second-order valence-corrected chi connectivity index (χ2v) is 10.8. The average Bonchev–Trinajstić information content (AvgIpc) is 3.20. The van der Waals surface area contributed by atoms with Gasteiger partial charge in [0.15, 0.2) is 6.23 Å². The molecule has 2 unspecified atom stereocenters. The molecule has 8 nitrogen and oxygen atoms in total. The Kier molecular flexibility index (Phi) is 7.54. The van der Waals surface area contributed by atoms with E-state index in [1.807, 2.05) is 34.6 Å². The van der Waals surface area contributed by atoms with Gasteiger partial charge in [0.1, 0.15) is 17.5 Å². The lowest BCUT2D eigenvalue weighted by Crippen LogP contribution is -2.41. The summed E-state index contributed by atoms with van der Waals surface area (Å²) in [5.41, 5.74) is 0.733. The molecular weight excluding hydrogens is 493 g/mol. The van der Waals surface area contributed by atoms with E-state index in [1.165, 1.54) is 0 Å². The normalized spacial score (nSPS) is 24.2. The second-order valence-electron chi connectivity index (χ2n) is 9.93. The van der Waals surface area contributed by atoms with E-state index < -0.39 is 17.2 Å². The SMILES string of the molecule is CC(C)OC1N=CC(c2nc(-c3ccc(O[C@H]4C[C@H](C(=O)OC(C)(C)C)C4)cc3Cl)no2)=CC1Cl. The summed E-state index contributed by atoms with van der Waals surface area (Å²) in [6.07, 6.45) is 4.11. The molecule has 1 aliphatic carbocycles. The first-order valence-electron chi connectivity index (χ1n) is 11.6. The third-order valence-electron chi connectivity index (χ3n) is 5.38. The van der Waals surface area contributed by atoms with Gasteiger partial charge in [0.2, 0.25) is 5.82 Å². The van der Waals surface area contributed by atoms with Crippen molar-refractivity contribution in [2.75, 3.05) is 0 Å². The van der Waals surface area contributed by atoms with Crippen LogP contribution in [0.15, 0.2) is 33.8 Å². The van der Waals surface area contributed by atoms with E-state index in [0.29, 0.717) is 40.6 Å². The Bertz CT molecular complexity index is 1130. The number of benzene rings is 1. The highest BCUT2D eigenvalue weighted by molar-refractivity contribution is 6.33. The van der Waals surface area contributed by atoms with E-state index in [-0.39, 0.29) is 30.0 Å². The Morgan fingerprint density at radius 2 is 1.97 bits per heavy atom. The van der Waals surface area contributed by atoms with Crippen molar-refractivity contribution in [3.63, 3.8) is 0 Å². The van der Waals surface area contributed by atoms with Gasteiger partial charge in [-0.25, -0.2) is 0 Å². The fraction of sp³-hybridized carbons (Fsp3) is 0.520. The maximum Gasteiger partial charge on any atom is 0.309 e. The highest BCUT2D eigenvalue weighted by Gasteiger charge is 2.38. The van der Waals surface area contributed by atoms with Gasteiger partial charge in [-0.15, -0.1) is 11.6 Å². The summed E-state index contributed by atoms with van der Waals surface area (Å²) in [5.74, 6) is 0.922. The molecule has 4 rings (SSSR count). The molecule has 0 bridgehead atoms. The van der Waals surface area contributed by atoms with E-state index in [2.05, 4.69) is 15.1 Å². The summed E-state index contributed by atoms with van der Waals surface area (Å²) in [6, 6.07) is 5.27. The molecule has 1 aromatic heterocycles. The van der Waals surface area contributed by atoms with Crippen LogP contribution in [-0.2, 0) is 14.3 Å². The number of ether oxygens (including phenoxy) is 3. The Hall–Kier alpha value is -2.42. The second kappa shape index (κ2) is 10.3. The van der Waals surface area contributed by atoms with Crippen molar-refractivity contribution in [2.45, 2.75) is 76.9 Å². The molecule has 2 heterocycles. The van der Waals surface area contributed by atoms with Gasteiger partial charge >= 0.3 is 5.97 Å². The number of carbonyl (C=O) groups excluding carboxylic acids is 1. The van der Waals surface area contributed by atoms with E-state index in [1.54, 1.807) is 30.5 Å². The van der Waals surface area contributed by atoms with Crippen LogP contribution >= 0.6 is 23.2 Å². The lowest BCUT2D eigenvalue weighted by molar-refractivity contribution is -0.166. The smallest absolute Gasteiger partial charge is 0.309 e. The van der Waals surface area contributed by atoms with E-state index in [9.17, 15) is 4.79 Å². The van der Waals surface area contributed by atoms with Gasteiger partial charge in [0, 0.05) is 11.8 Å². The molecule has 2 atom stereocenters. The predicted molar refractivity (Wildman–Crippen MR) is 134 cm³/mol. The summed E-state index contributed by atoms with van der Waals surface area (Å²) in [4.78, 5) is 20.9. The van der Waals surface area contributed by atoms with Crippen molar-refractivity contribution >= 4 is 41.0 Å². The minimum atomic E-state index is -0.488. The molecule has 0 N–H and O–H groups in total. The van der Waals surface area contributed by atoms with Gasteiger partial charge in [0.05, 0.1) is 28.0 Å². The van der Waals surface area contributed by atoms with Crippen LogP contribution < -0.4 is 4.74 Å². The minimum absolute atomic E-state index is 0.00754. The molecule has 0 spiro atoms. The first-order valence-corrected chi connectivity index (χ1v) is 12.4. The number of aromatic nitrogens is 2. The van der Waals surface area contributed by atoms with Crippen LogP contribution in [0.5, 0.6) is 5.75 Å². The minimum Gasteiger partial charge on any atom is -0.490 e. The molecule has 0 amide bonds. The van der Waals surface area contributed by atoms with Crippen LogP contribution in [0.3, 0.4) is 0 Å². The summed E-state index contributed by atoms with van der Waals surface area (Å²) in [5, 5.41) is 4.02. The Labute approximate surface area is 214 Å². The van der Waals surface area contributed by atoms with Gasteiger partial charge in [-0.2, -0.15) is 4.98 Å². The van der Waals surface area contributed by atoms with Crippen molar-refractivity contribution in [3.05, 3.63) is 35.2 Å². The molecule has 2 aromatic rings. The van der Waals surface area contributed by atoms with Gasteiger partial charge < -0.3 is 18.7 Å². The Morgan fingerprint density at radius 1 is 1.23 bits per heavy atom. The van der Waals surface area contributed by atoms with Crippen LogP contribution in [0, 0.1) is 5.92 Å². The van der Waals surface area contributed by atoms with Crippen molar-refractivity contribution in [1.29, 1.82) is 0 Å². The number of carbonyl (C=O) groups is 1. The molecule has 2 aliphatic rings. The zero-order chi connectivity index (χ0) is 25.3. The monoisotopic (exact) mass is 521 g/mol. The van der Waals surface area contributed by atoms with Gasteiger partial charge in [0.25, 0.3) is 5.89 Å². The van der Waals surface area contributed by atoms with Crippen LogP contribution in [0.1, 0.15) is 53.4 Å². The van der Waals surface area contributed by atoms with E-state index in [4.69, 9.17) is 41.9 Å². The Morgan fingerprint density at radius 3 is 2.60 bits per heavy atom. The van der Waals surface area contributed by atoms with Gasteiger partial charge in [-0.3, -0.25) is 9.79 Å². The number of dihydropyridines is 1. The maximum absolute atomic E-state index is 12.1. The topological polar surface area (TPSA) is 96.0 Å². The average molecular weight is 522 g/mol. The first-order chi connectivity index (χ1) is 16.5. The molecule has 10 heteroatoms. The van der Waals surface area contributed by atoms with Crippen LogP contribution in [-0.4, -0.2) is 51.7 Å². The quantitative estimate of drug-likeness (QED) is 0.339. The van der Waals surface area contributed by atoms with Crippen LogP contribution in [0.25, 0.3) is 17.0 Å². The fourth-order valence-corrected chi connectivity index (χ4v) is 4.20. The third kappa shape index (κ3) is 6.42. The molecule has 35 heavy (non-hydrogen) atoms. The lowest BCUT2D eigenvalue weighted by Gasteiger charge is -2.35. The maximum atomic E-state index is 12.1. The fourth-order valence-electron chi connectivity index (χ4n) is 3.68. The number of nitrogens with zero attached hydrogens (tertiary/aromatic N) is 3. The number of aliphatic imine (C=N–C) groups is 1. The molecule has 1 saturated carbocycles. The molecule has 1 aliphatic heterocycles. The summed E-state index contributed by atoms with van der Waals surface area (Å²) >= 11 is 12.9. The van der Waals surface area contributed by atoms with Crippen LogP contribution in [0.2, 0.25) is 5.02 Å². The molecule has 0 saturated heterocycles. The van der Waals surface area contributed by atoms with Gasteiger partial charge in [-0.1, -0.05) is 16.8 Å². The van der Waals surface area contributed by atoms with Crippen molar-refractivity contribution in [1.82, 2.24) is 10.1 Å².